The Kier molecular flexibility index (Phi) is 6.43. The fourth-order valence-corrected chi connectivity index (χ4v) is 10.4. The number of alkyl halides is 2. The summed E-state index contributed by atoms with van der Waals surface area (Å²) in [6.45, 7) is 8.51. The second-order valence-electron chi connectivity index (χ2n) is 7.26. The quantitative estimate of drug-likeness (QED) is 0.610. The Labute approximate surface area is 130 Å². The van der Waals surface area contributed by atoms with E-state index in [4.69, 9.17) is 27.3 Å². The van der Waals surface area contributed by atoms with Gasteiger partial charge in [-0.05, 0) is 64.2 Å². The molecule has 0 aromatic carbocycles. The van der Waals surface area contributed by atoms with Gasteiger partial charge in [-0.15, -0.1) is 23.2 Å². The van der Waals surface area contributed by atoms with E-state index < -0.39 is 16.6 Å². The van der Waals surface area contributed by atoms with Gasteiger partial charge in [-0.1, -0.05) is 0 Å². The number of fused-ring (bicyclic) bond motifs is 2. The number of aliphatic hydroxyl groups is 1. The van der Waals surface area contributed by atoms with Crippen molar-refractivity contribution in [2.24, 2.45) is 5.92 Å². The van der Waals surface area contributed by atoms with Gasteiger partial charge in [0, 0.05) is 11.0 Å². The molecule has 0 unspecified atom stereocenters. The first-order chi connectivity index (χ1) is 8.61. The molecule has 0 spiro atoms. The first-order valence-electron chi connectivity index (χ1n) is 7.16. The van der Waals surface area contributed by atoms with Crippen molar-refractivity contribution >= 4 is 39.8 Å². The summed E-state index contributed by atoms with van der Waals surface area (Å²) in [6.07, 6.45) is 5.84. The summed E-state index contributed by atoms with van der Waals surface area (Å²) in [4.78, 5) is 0. The molecule has 2 rings (SSSR count). The van der Waals surface area contributed by atoms with Crippen molar-refractivity contribution in [3.8, 4) is 0 Å². The summed E-state index contributed by atoms with van der Waals surface area (Å²) in [5, 5.41) is 9.54. The van der Waals surface area contributed by atoms with Crippen molar-refractivity contribution in [1.29, 1.82) is 0 Å². The van der Waals surface area contributed by atoms with Crippen LogP contribution in [0, 0.1) is 5.92 Å². The molecule has 2 aliphatic carbocycles. The Balaban J connectivity index is 0.000000196. The second-order valence-corrected chi connectivity index (χ2v) is 17.3. The predicted octanol–water partition coefficient (Wildman–Crippen LogP) is 4.28. The largest absolute Gasteiger partial charge is 0.454 e. The second kappa shape index (κ2) is 6.80. The topological polar surface area (TPSA) is 29.5 Å². The minimum Gasteiger partial charge on any atom is -0.454 e. The van der Waals surface area contributed by atoms with Crippen LogP contribution >= 0.6 is 23.2 Å². The maximum atomic E-state index is 9.54. The molecule has 2 saturated carbocycles. The lowest BCUT2D eigenvalue weighted by Gasteiger charge is -2.30. The Bertz CT molecular complexity index is 276. The Hall–Kier alpha value is 0.934. The van der Waals surface area contributed by atoms with Crippen molar-refractivity contribution < 1.29 is 9.22 Å². The molecule has 0 aromatic rings. The van der Waals surface area contributed by atoms with E-state index in [0.29, 0.717) is 11.0 Å². The molecular formula is C13H28Cl2O2Si2. The fourth-order valence-electron chi connectivity index (χ4n) is 2.96. The molecule has 0 amide bonds. The molecule has 6 heteroatoms. The fraction of sp³-hybridized carbons (Fsp3) is 1.00. The molecule has 0 heterocycles. The van der Waals surface area contributed by atoms with Gasteiger partial charge < -0.3 is 9.22 Å². The van der Waals surface area contributed by atoms with Crippen molar-refractivity contribution in [3.05, 3.63) is 0 Å². The van der Waals surface area contributed by atoms with Crippen LogP contribution in [0.25, 0.3) is 0 Å². The maximum Gasteiger partial charge on any atom is 0.188 e. The highest BCUT2D eigenvalue weighted by Crippen LogP contribution is 2.47. The predicted molar refractivity (Wildman–Crippen MR) is 89.0 cm³/mol. The third-order valence-electron chi connectivity index (χ3n) is 3.90. The van der Waals surface area contributed by atoms with E-state index in [2.05, 4.69) is 26.2 Å². The molecule has 2 bridgehead atoms. The maximum absolute atomic E-state index is 9.54. The lowest BCUT2D eigenvalue weighted by molar-refractivity contribution is 0.0521. The average Bonchev–Trinajstić information content (AvgIpc) is 2.86. The summed E-state index contributed by atoms with van der Waals surface area (Å²) in [7, 11) is -3.18. The summed E-state index contributed by atoms with van der Waals surface area (Å²) in [5.74, 6) is 0.889. The zero-order valence-electron chi connectivity index (χ0n) is 12.6. The van der Waals surface area contributed by atoms with E-state index in [-0.39, 0.29) is 5.60 Å². The zero-order valence-corrected chi connectivity index (χ0v) is 16.2. The van der Waals surface area contributed by atoms with Crippen molar-refractivity contribution in [2.75, 3.05) is 11.0 Å². The molecule has 0 aromatic heterocycles. The smallest absolute Gasteiger partial charge is 0.188 e. The van der Waals surface area contributed by atoms with Crippen molar-refractivity contribution in [3.63, 3.8) is 0 Å². The van der Waals surface area contributed by atoms with Crippen LogP contribution in [0.2, 0.25) is 26.2 Å². The van der Waals surface area contributed by atoms with Crippen molar-refractivity contribution in [1.82, 2.24) is 0 Å². The van der Waals surface area contributed by atoms with E-state index in [1.54, 1.807) is 0 Å². The van der Waals surface area contributed by atoms with Crippen LogP contribution in [-0.4, -0.2) is 38.3 Å². The molecule has 2 aliphatic rings. The van der Waals surface area contributed by atoms with Crippen LogP contribution < -0.4 is 0 Å². The Morgan fingerprint density at radius 3 is 1.63 bits per heavy atom. The van der Waals surface area contributed by atoms with Crippen LogP contribution in [0.15, 0.2) is 0 Å². The summed E-state index contributed by atoms with van der Waals surface area (Å²) in [5.41, 5.74) is 1.12. The van der Waals surface area contributed by atoms with Gasteiger partial charge in [0.2, 0.25) is 0 Å². The Morgan fingerprint density at radius 2 is 1.47 bits per heavy atom. The van der Waals surface area contributed by atoms with Crippen molar-refractivity contribution in [2.45, 2.75) is 63.9 Å². The van der Waals surface area contributed by atoms with Gasteiger partial charge in [0.15, 0.2) is 16.6 Å². The molecule has 0 saturated heterocycles. The molecule has 1 N–H and O–H groups in total. The minimum absolute atomic E-state index is 0.190. The monoisotopic (exact) mass is 342 g/mol. The molecule has 0 radical (unpaired) electrons. The average molecular weight is 343 g/mol. The van der Waals surface area contributed by atoms with Crippen LogP contribution in [0.1, 0.15) is 32.1 Å². The van der Waals surface area contributed by atoms with Gasteiger partial charge in [0.05, 0.1) is 5.60 Å². The van der Waals surface area contributed by atoms with E-state index in [1.807, 2.05) is 0 Å². The minimum atomic E-state index is -1.59. The van der Waals surface area contributed by atoms with E-state index >= 15 is 0 Å². The van der Waals surface area contributed by atoms with Crippen LogP contribution in [0.4, 0.5) is 0 Å². The molecule has 2 nitrogen and oxygen atoms in total. The highest BCUT2D eigenvalue weighted by molar-refractivity contribution is 6.89. The standard InChI is InChI=1S/C7H12O.C6H16Cl2OSi2/c8-7-3-1-6(5-7)2-4-7;1-10(2,5-7)9-11(3,4)6-8/h6,8H,1-5H2;5-6H2,1-4H3. The third-order valence-corrected chi connectivity index (χ3v) is 13.5. The normalized spacial score (nSPS) is 30.2. The van der Waals surface area contributed by atoms with Gasteiger partial charge in [-0.2, -0.15) is 0 Å². The molecule has 114 valence electrons. The van der Waals surface area contributed by atoms with Crippen LogP contribution in [-0.2, 0) is 4.12 Å². The summed E-state index contributed by atoms with van der Waals surface area (Å²) >= 11 is 11.5. The van der Waals surface area contributed by atoms with E-state index in [9.17, 15) is 5.11 Å². The SMILES string of the molecule is C[Si](C)(CCl)O[Si](C)(C)CCl.OC12CCC(CC1)C2. The van der Waals surface area contributed by atoms with Crippen LogP contribution in [0.3, 0.4) is 0 Å². The number of hydrogen-bond acceptors (Lipinski definition) is 2. The summed E-state index contributed by atoms with van der Waals surface area (Å²) < 4.78 is 5.94. The molecule has 19 heavy (non-hydrogen) atoms. The van der Waals surface area contributed by atoms with Gasteiger partial charge in [-0.3, -0.25) is 0 Å². The highest BCUT2D eigenvalue weighted by atomic mass is 35.5. The van der Waals surface area contributed by atoms with Gasteiger partial charge in [0.25, 0.3) is 0 Å². The highest BCUT2D eigenvalue weighted by Gasteiger charge is 2.42. The number of halogens is 2. The first kappa shape index (κ1) is 18.0. The zero-order chi connectivity index (χ0) is 14.7. The van der Waals surface area contributed by atoms with E-state index in [1.165, 1.54) is 12.8 Å². The van der Waals surface area contributed by atoms with Crippen LogP contribution in [0.5, 0.6) is 0 Å². The van der Waals surface area contributed by atoms with Gasteiger partial charge in [-0.25, -0.2) is 0 Å². The lowest BCUT2D eigenvalue weighted by Crippen LogP contribution is -2.47. The van der Waals surface area contributed by atoms with Gasteiger partial charge in [0.1, 0.15) is 0 Å². The third kappa shape index (κ3) is 6.06. The first-order valence-corrected chi connectivity index (χ1v) is 14.5. The van der Waals surface area contributed by atoms with E-state index in [0.717, 1.165) is 25.2 Å². The molecule has 0 aliphatic heterocycles. The Morgan fingerprint density at radius 1 is 1.05 bits per heavy atom. The number of rotatable bonds is 4. The molecule has 0 atom stereocenters. The molecule has 2 fully saturated rings. The summed E-state index contributed by atoms with van der Waals surface area (Å²) in [6, 6.07) is 0. The number of hydrogen-bond donors (Lipinski definition) is 1. The van der Waals surface area contributed by atoms with Gasteiger partial charge >= 0.3 is 0 Å². The molecular weight excluding hydrogens is 315 g/mol. The lowest BCUT2D eigenvalue weighted by atomic mass is 9.98.